The first-order valence-electron chi connectivity index (χ1n) is 9.45. The lowest BCUT2D eigenvalue weighted by Gasteiger charge is -2.34. The smallest absolute Gasteiger partial charge is 0.231 e. The first-order chi connectivity index (χ1) is 13.8. The summed E-state index contributed by atoms with van der Waals surface area (Å²) in [5, 5.41) is 9.19. The molecule has 2 aromatic heterocycles. The van der Waals surface area contributed by atoms with E-state index >= 15 is 0 Å². The monoisotopic (exact) mass is 454 g/mol. The van der Waals surface area contributed by atoms with Crippen molar-refractivity contribution in [3.8, 4) is 11.5 Å². The van der Waals surface area contributed by atoms with E-state index in [2.05, 4.69) is 36.9 Å². The van der Waals surface area contributed by atoms with Crippen LogP contribution in [-0.4, -0.2) is 69.1 Å². The highest BCUT2D eigenvalue weighted by Gasteiger charge is 2.21. The van der Waals surface area contributed by atoms with Crippen LogP contribution in [0.4, 0.5) is 5.95 Å². The fourth-order valence-electron chi connectivity index (χ4n) is 3.67. The van der Waals surface area contributed by atoms with Gasteiger partial charge in [-0.05, 0) is 17.7 Å². The first-order valence-corrected chi connectivity index (χ1v) is 9.45. The molecular weight excluding hydrogens is 431 g/mol. The number of hydrogen-bond donors (Lipinski definition) is 1. The van der Waals surface area contributed by atoms with Gasteiger partial charge in [-0.2, -0.15) is 4.98 Å². The fraction of sp³-hybridized carbons (Fsp3) is 0.421. The highest BCUT2D eigenvalue weighted by atomic mass is 35.5. The minimum absolute atomic E-state index is 0. The number of imidazole rings is 1. The molecular formula is C19H24Cl2N6O3. The van der Waals surface area contributed by atoms with Crippen LogP contribution >= 0.6 is 24.8 Å². The largest absolute Gasteiger partial charge is 0.454 e. The highest BCUT2D eigenvalue weighted by molar-refractivity contribution is 5.85. The third-order valence-corrected chi connectivity index (χ3v) is 5.18. The molecule has 0 radical (unpaired) electrons. The third-order valence-electron chi connectivity index (χ3n) is 5.18. The number of hydrogen-bond acceptors (Lipinski definition) is 8. The standard InChI is InChI=1S/C19H22N6O3.2ClH/c26-8-7-25-12-21-15-10-20-19(22-18(15)25)24-5-3-23(4-6-24)11-14-1-2-16-17(9-14)28-13-27-16;;/h1-2,9-10,12,26H,3-8,11,13H2;2*1H. The van der Waals surface area contributed by atoms with E-state index in [1.54, 1.807) is 12.5 Å². The van der Waals surface area contributed by atoms with Gasteiger partial charge in [-0.1, -0.05) is 6.07 Å². The second-order valence-corrected chi connectivity index (χ2v) is 6.99. The summed E-state index contributed by atoms with van der Waals surface area (Å²) in [6.07, 6.45) is 3.45. The van der Waals surface area contributed by atoms with E-state index < -0.39 is 0 Å². The zero-order valence-electron chi connectivity index (χ0n) is 16.3. The Bertz CT molecular complexity index is 994. The van der Waals surface area contributed by atoms with Crippen molar-refractivity contribution in [3.63, 3.8) is 0 Å². The SMILES string of the molecule is Cl.Cl.OCCn1cnc2cnc(N3CCN(Cc4ccc5c(c4)OCO5)CC3)nc21. The minimum atomic E-state index is 0. The maximum absolute atomic E-state index is 9.19. The van der Waals surface area contributed by atoms with Gasteiger partial charge in [0.25, 0.3) is 0 Å². The Labute approximate surface area is 186 Å². The molecule has 3 aromatic rings. The average Bonchev–Trinajstić information content (AvgIpc) is 3.35. The predicted octanol–water partition coefficient (Wildman–Crippen LogP) is 1.71. The molecule has 5 rings (SSSR count). The summed E-state index contributed by atoms with van der Waals surface area (Å²) in [4.78, 5) is 18.1. The summed E-state index contributed by atoms with van der Waals surface area (Å²) in [6, 6.07) is 6.14. The number of piperazine rings is 1. The molecule has 1 fully saturated rings. The van der Waals surface area contributed by atoms with E-state index in [1.165, 1.54) is 5.56 Å². The van der Waals surface area contributed by atoms with Crippen LogP contribution in [-0.2, 0) is 13.1 Å². The molecule has 1 saturated heterocycles. The molecule has 11 heteroatoms. The lowest BCUT2D eigenvalue weighted by atomic mass is 10.1. The van der Waals surface area contributed by atoms with Crippen molar-refractivity contribution in [3.05, 3.63) is 36.3 Å². The molecule has 0 bridgehead atoms. The Morgan fingerprint density at radius 3 is 2.60 bits per heavy atom. The van der Waals surface area contributed by atoms with E-state index in [-0.39, 0.29) is 31.4 Å². The van der Waals surface area contributed by atoms with Gasteiger partial charge in [-0.3, -0.25) is 4.90 Å². The Morgan fingerprint density at radius 2 is 1.80 bits per heavy atom. The zero-order valence-corrected chi connectivity index (χ0v) is 17.9. The van der Waals surface area contributed by atoms with Crippen molar-refractivity contribution in [2.24, 2.45) is 0 Å². The molecule has 9 nitrogen and oxygen atoms in total. The summed E-state index contributed by atoms with van der Waals surface area (Å²) < 4.78 is 12.7. The van der Waals surface area contributed by atoms with Crippen LogP contribution in [0.25, 0.3) is 11.2 Å². The van der Waals surface area contributed by atoms with Gasteiger partial charge in [0.1, 0.15) is 5.52 Å². The summed E-state index contributed by atoms with van der Waals surface area (Å²) in [5.74, 6) is 2.37. The maximum Gasteiger partial charge on any atom is 0.231 e. The lowest BCUT2D eigenvalue weighted by molar-refractivity contribution is 0.174. The number of aliphatic hydroxyl groups is 1. The van der Waals surface area contributed by atoms with E-state index in [0.717, 1.165) is 61.3 Å². The maximum atomic E-state index is 9.19. The molecule has 1 N–H and O–H groups in total. The van der Waals surface area contributed by atoms with Crippen molar-refractivity contribution in [2.75, 3.05) is 44.5 Å². The van der Waals surface area contributed by atoms with Crippen molar-refractivity contribution in [1.82, 2.24) is 24.4 Å². The van der Waals surface area contributed by atoms with Crippen LogP contribution < -0.4 is 14.4 Å². The molecule has 162 valence electrons. The molecule has 0 unspecified atom stereocenters. The Hall–Kier alpha value is -2.33. The van der Waals surface area contributed by atoms with E-state index in [4.69, 9.17) is 9.47 Å². The van der Waals surface area contributed by atoms with Gasteiger partial charge < -0.3 is 24.0 Å². The van der Waals surface area contributed by atoms with Crippen LogP contribution in [0, 0.1) is 0 Å². The number of anilines is 1. The van der Waals surface area contributed by atoms with Crippen molar-refractivity contribution < 1.29 is 14.6 Å². The van der Waals surface area contributed by atoms with Crippen molar-refractivity contribution >= 4 is 41.9 Å². The van der Waals surface area contributed by atoms with Gasteiger partial charge in [0.05, 0.1) is 19.1 Å². The van der Waals surface area contributed by atoms with Gasteiger partial charge in [0, 0.05) is 39.3 Å². The number of fused-ring (bicyclic) bond motifs is 2. The first kappa shape index (κ1) is 22.4. The molecule has 0 spiro atoms. The van der Waals surface area contributed by atoms with Crippen LogP contribution in [0.5, 0.6) is 11.5 Å². The fourth-order valence-corrected chi connectivity index (χ4v) is 3.67. The Morgan fingerprint density at radius 1 is 1.00 bits per heavy atom. The molecule has 0 saturated carbocycles. The quantitative estimate of drug-likeness (QED) is 0.622. The number of aromatic nitrogens is 4. The molecule has 0 amide bonds. The van der Waals surface area contributed by atoms with Crippen LogP contribution in [0.3, 0.4) is 0 Å². The Balaban J connectivity index is 0.00000128. The summed E-state index contributed by atoms with van der Waals surface area (Å²) >= 11 is 0. The van der Waals surface area contributed by atoms with Gasteiger partial charge in [0.15, 0.2) is 17.1 Å². The number of ether oxygens (including phenoxy) is 2. The van der Waals surface area contributed by atoms with Gasteiger partial charge >= 0.3 is 0 Å². The second-order valence-electron chi connectivity index (χ2n) is 6.99. The molecule has 1 aromatic carbocycles. The molecule has 30 heavy (non-hydrogen) atoms. The van der Waals surface area contributed by atoms with Gasteiger partial charge in [-0.25, -0.2) is 9.97 Å². The topological polar surface area (TPSA) is 88.8 Å². The number of rotatable bonds is 5. The summed E-state index contributed by atoms with van der Waals surface area (Å²) in [5.41, 5.74) is 2.74. The molecule has 2 aliphatic rings. The zero-order chi connectivity index (χ0) is 18.9. The van der Waals surface area contributed by atoms with Gasteiger partial charge in [0.2, 0.25) is 12.7 Å². The number of benzene rings is 1. The normalized spacial score (nSPS) is 15.7. The average molecular weight is 455 g/mol. The van der Waals surface area contributed by atoms with Crippen molar-refractivity contribution in [1.29, 1.82) is 0 Å². The summed E-state index contributed by atoms with van der Waals surface area (Å²) in [6.45, 7) is 5.33. The van der Waals surface area contributed by atoms with Crippen LogP contribution in [0.2, 0.25) is 0 Å². The van der Waals surface area contributed by atoms with E-state index in [9.17, 15) is 5.11 Å². The molecule has 4 heterocycles. The third kappa shape index (κ3) is 4.39. The second kappa shape index (κ2) is 9.65. The number of aliphatic hydroxyl groups excluding tert-OH is 1. The summed E-state index contributed by atoms with van der Waals surface area (Å²) in [7, 11) is 0. The highest BCUT2D eigenvalue weighted by Crippen LogP contribution is 2.32. The minimum Gasteiger partial charge on any atom is -0.454 e. The van der Waals surface area contributed by atoms with E-state index in [1.807, 2.05) is 10.6 Å². The predicted molar refractivity (Wildman–Crippen MR) is 117 cm³/mol. The molecule has 0 atom stereocenters. The van der Waals surface area contributed by atoms with E-state index in [0.29, 0.717) is 13.3 Å². The Kier molecular flexibility index (Phi) is 7.19. The molecule has 0 aliphatic carbocycles. The van der Waals surface area contributed by atoms with Gasteiger partial charge in [-0.15, -0.1) is 24.8 Å². The number of nitrogens with zero attached hydrogens (tertiary/aromatic N) is 6. The van der Waals surface area contributed by atoms with Crippen LogP contribution in [0.15, 0.2) is 30.7 Å². The lowest BCUT2D eigenvalue weighted by Crippen LogP contribution is -2.46. The number of halogens is 2. The van der Waals surface area contributed by atoms with Crippen LogP contribution in [0.1, 0.15) is 5.56 Å². The van der Waals surface area contributed by atoms with Crippen molar-refractivity contribution in [2.45, 2.75) is 13.1 Å². The molecule has 2 aliphatic heterocycles.